The molecule has 0 radical (unpaired) electrons. The second-order valence-corrected chi connectivity index (χ2v) is 11.2. The molecule has 0 heterocycles. The molecular formula is C24H34O7. The van der Waals surface area contributed by atoms with Crippen molar-refractivity contribution in [3.05, 3.63) is 12.2 Å². The van der Waals surface area contributed by atoms with Crippen LogP contribution < -0.4 is 0 Å². The topological polar surface area (TPSA) is 110 Å². The fourth-order valence-corrected chi connectivity index (χ4v) is 8.48. The first-order valence-corrected chi connectivity index (χ1v) is 11.2. The van der Waals surface area contributed by atoms with Crippen LogP contribution in [0.2, 0.25) is 0 Å². The van der Waals surface area contributed by atoms with Gasteiger partial charge < -0.3 is 19.7 Å². The van der Waals surface area contributed by atoms with Gasteiger partial charge in [0.15, 0.2) is 5.78 Å². The largest absolute Gasteiger partial charge is 0.462 e. The van der Waals surface area contributed by atoms with Crippen LogP contribution in [0.4, 0.5) is 0 Å². The highest BCUT2D eigenvalue weighted by atomic mass is 16.6. The number of ketones is 1. The number of fused-ring (bicyclic) bond motifs is 3. The van der Waals surface area contributed by atoms with Crippen LogP contribution in [0.3, 0.4) is 0 Å². The number of Topliss-reactive ketones (excluding diaryl/α,β-unsaturated/α-hetero) is 1. The van der Waals surface area contributed by atoms with Gasteiger partial charge in [-0.25, -0.2) is 0 Å². The summed E-state index contributed by atoms with van der Waals surface area (Å²) >= 11 is 0. The van der Waals surface area contributed by atoms with Crippen LogP contribution in [-0.2, 0) is 23.9 Å². The molecule has 0 saturated heterocycles. The number of hydrogen-bond acceptors (Lipinski definition) is 7. The van der Waals surface area contributed by atoms with Crippen molar-refractivity contribution >= 4 is 17.7 Å². The molecule has 0 aliphatic heterocycles. The Bertz CT molecular complexity index is 847. The van der Waals surface area contributed by atoms with Crippen molar-refractivity contribution in [3.8, 4) is 0 Å². The highest BCUT2D eigenvalue weighted by Crippen LogP contribution is 2.71. The third kappa shape index (κ3) is 2.95. The van der Waals surface area contributed by atoms with Gasteiger partial charge in [0.25, 0.3) is 0 Å². The van der Waals surface area contributed by atoms with E-state index in [-0.39, 0.29) is 36.4 Å². The van der Waals surface area contributed by atoms with Crippen LogP contribution in [0, 0.1) is 34.0 Å². The summed E-state index contributed by atoms with van der Waals surface area (Å²) in [5.74, 6) is -1.70. The summed E-state index contributed by atoms with van der Waals surface area (Å²) in [6, 6.07) is 0. The molecule has 9 atom stereocenters. The highest BCUT2D eigenvalue weighted by Gasteiger charge is 2.74. The van der Waals surface area contributed by atoms with Gasteiger partial charge in [-0.1, -0.05) is 27.4 Å². The molecule has 2 N–H and O–H groups in total. The monoisotopic (exact) mass is 434 g/mol. The van der Waals surface area contributed by atoms with E-state index in [1.165, 1.54) is 13.8 Å². The lowest BCUT2D eigenvalue weighted by atomic mass is 9.39. The number of carbonyl (C=O) groups excluding carboxylic acids is 3. The summed E-state index contributed by atoms with van der Waals surface area (Å²) in [5.41, 5.74) is -1.75. The number of hydrogen-bond donors (Lipinski definition) is 2. The standard InChI is InChI=1S/C24H34O7/c1-11-14-7-17(30-12(2)25)19-23(6)9-16(28)21(31-13(3)26)22(4,5)18(23)15(27)10-24(19,8-14)20(11)29/h14-19,21,27-28H,1,7-10H2,2-6H3. The zero-order chi connectivity index (χ0) is 23.1. The maximum absolute atomic E-state index is 13.5. The molecular weight excluding hydrogens is 400 g/mol. The van der Waals surface area contributed by atoms with Gasteiger partial charge in [-0.2, -0.15) is 0 Å². The van der Waals surface area contributed by atoms with Crippen molar-refractivity contribution in [2.45, 2.75) is 84.7 Å². The minimum atomic E-state index is -0.960. The molecule has 0 aromatic carbocycles. The number of esters is 2. The second-order valence-electron chi connectivity index (χ2n) is 11.2. The van der Waals surface area contributed by atoms with E-state index in [4.69, 9.17) is 9.47 Å². The van der Waals surface area contributed by atoms with Crippen LogP contribution in [-0.4, -0.2) is 52.4 Å². The van der Waals surface area contributed by atoms with E-state index in [1.807, 2.05) is 20.8 Å². The number of rotatable bonds is 2. The first-order valence-electron chi connectivity index (χ1n) is 11.2. The van der Waals surface area contributed by atoms with Gasteiger partial charge in [0.2, 0.25) is 0 Å². The molecule has 1 spiro atoms. The Morgan fingerprint density at radius 1 is 0.968 bits per heavy atom. The normalized spacial score (nSPS) is 47.9. The molecule has 0 aromatic heterocycles. The van der Waals surface area contributed by atoms with Crippen LogP contribution >= 0.6 is 0 Å². The molecule has 4 fully saturated rings. The maximum Gasteiger partial charge on any atom is 0.303 e. The predicted octanol–water partition coefficient (Wildman–Crippen LogP) is 2.18. The molecule has 4 saturated carbocycles. The van der Waals surface area contributed by atoms with E-state index in [1.54, 1.807) is 0 Å². The van der Waals surface area contributed by atoms with Crippen LogP contribution in [0.1, 0.15) is 60.3 Å². The summed E-state index contributed by atoms with van der Waals surface area (Å²) in [5, 5.41) is 22.6. The Labute approximate surface area is 183 Å². The maximum atomic E-state index is 13.5. The quantitative estimate of drug-likeness (QED) is 0.506. The minimum absolute atomic E-state index is 0.0368. The molecule has 0 aromatic rings. The molecule has 9 unspecified atom stereocenters. The van der Waals surface area contributed by atoms with Crippen molar-refractivity contribution in [2.75, 3.05) is 0 Å². The first kappa shape index (κ1) is 22.5. The average Bonchev–Trinajstić information content (AvgIpc) is 2.77. The zero-order valence-corrected chi connectivity index (χ0v) is 19.0. The minimum Gasteiger partial charge on any atom is -0.462 e. The van der Waals surface area contributed by atoms with Gasteiger partial charge in [0.1, 0.15) is 12.2 Å². The van der Waals surface area contributed by atoms with Crippen LogP contribution in [0.25, 0.3) is 0 Å². The van der Waals surface area contributed by atoms with Gasteiger partial charge in [-0.15, -0.1) is 0 Å². The lowest BCUT2D eigenvalue weighted by Crippen LogP contribution is -2.70. The van der Waals surface area contributed by atoms with Crippen LogP contribution in [0.15, 0.2) is 12.2 Å². The third-order valence-electron chi connectivity index (χ3n) is 8.85. The zero-order valence-electron chi connectivity index (χ0n) is 19.0. The number of carbonyl (C=O) groups is 3. The van der Waals surface area contributed by atoms with E-state index in [0.29, 0.717) is 18.4 Å². The molecule has 4 rings (SSSR count). The molecule has 31 heavy (non-hydrogen) atoms. The van der Waals surface area contributed by atoms with E-state index < -0.39 is 52.6 Å². The van der Waals surface area contributed by atoms with E-state index in [2.05, 4.69) is 6.58 Å². The summed E-state index contributed by atoms with van der Waals surface area (Å²) < 4.78 is 11.3. The Morgan fingerprint density at radius 3 is 2.16 bits per heavy atom. The average molecular weight is 435 g/mol. The summed E-state index contributed by atoms with van der Waals surface area (Å²) in [7, 11) is 0. The molecule has 172 valence electrons. The lowest BCUT2D eigenvalue weighted by Gasteiger charge is -2.67. The van der Waals surface area contributed by atoms with Gasteiger partial charge in [0, 0.05) is 30.6 Å². The summed E-state index contributed by atoms with van der Waals surface area (Å²) in [6.07, 6.45) is -1.43. The van der Waals surface area contributed by atoms with Crippen molar-refractivity contribution in [1.29, 1.82) is 0 Å². The van der Waals surface area contributed by atoms with Crippen molar-refractivity contribution < 1.29 is 34.1 Å². The van der Waals surface area contributed by atoms with Gasteiger partial charge in [0.05, 0.1) is 12.2 Å². The Morgan fingerprint density at radius 2 is 1.58 bits per heavy atom. The molecule has 4 aliphatic rings. The second kappa shape index (κ2) is 6.88. The number of allylic oxidation sites excluding steroid dienone is 1. The number of aliphatic hydroxyl groups excluding tert-OH is 2. The number of ether oxygens (including phenoxy) is 2. The van der Waals surface area contributed by atoms with Gasteiger partial charge in [-0.3, -0.25) is 14.4 Å². The van der Waals surface area contributed by atoms with E-state index in [9.17, 15) is 24.6 Å². The Kier molecular flexibility index (Phi) is 4.99. The van der Waals surface area contributed by atoms with Crippen molar-refractivity contribution in [2.24, 2.45) is 34.0 Å². The smallest absolute Gasteiger partial charge is 0.303 e. The summed E-state index contributed by atoms with van der Waals surface area (Å²) in [4.78, 5) is 37.2. The Balaban J connectivity index is 1.86. The van der Waals surface area contributed by atoms with Gasteiger partial charge >= 0.3 is 11.9 Å². The third-order valence-corrected chi connectivity index (χ3v) is 8.85. The lowest BCUT2D eigenvalue weighted by molar-refractivity contribution is -0.268. The summed E-state index contributed by atoms with van der Waals surface area (Å²) in [6.45, 7) is 12.5. The molecule has 7 heteroatoms. The molecule has 2 bridgehead atoms. The predicted molar refractivity (Wildman–Crippen MR) is 111 cm³/mol. The molecule has 7 nitrogen and oxygen atoms in total. The Hall–Kier alpha value is -1.73. The van der Waals surface area contributed by atoms with E-state index >= 15 is 0 Å². The molecule has 4 aliphatic carbocycles. The highest BCUT2D eigenvalue weighted by molar-refractivity contribution is 6.03. The fourth-order valence-electron chi connectivity index (χ4n) is 8.48. The van der Waals surface area contributed by atoms with Crippen molar-refractivity contribution in [3.63, 3.8) is 0 Å². The van der Waals surface area contributed by atoms with E-state index in [0.717, 1.165) is 0 Å². The number of aliphatic hydroxyl groups is 2. The van der Waals surface area contributed by atoms with Crippen LogP contribution in [0.5, 0.6) is 0 Å². The first-order chi connectivity index (χ1) is 14.3. The SMILES string of the molecule is C=C1C(=O)C23CC1CC(OC(C)=O)C2C1(C)CC(O)C(OC(C)=O)C(C)(C)C1C(O)C3. The van der Waals surface area contributed by atoms with Gasteiger partial charge in [-0.05, 0) is 48.5 Å². The fraction of sp³-hybridized carbons (Fsp3) is 0.792. The van der Waals surface area contributed by atoms with Crippen molar-refractivity contribution in [1.82, 2.24) is 0 Å². The molecule has 0 amide bonds.